The fourth-order valence-corrected chi connectivity index (χ4v) is 2.73. The lowest BCUT2D eigenvalue weighted by Gasteiger charge is -2.06. The molecule has 0 saturated carbocycles. The van der Waals surface area contributed by atoms with Crippen LogP contribution in [0.3, 0.4) is 0 Å². The Balaban J connectivity index is 1.84. The number of carbonyl (C=O) groups excluding carboxylic acids is 1. The molecule has 22 heavy (non-hydrogen) atoms. The Bertz CT molecular complexity index is 855. The van der Waals surface area contributed by atoms with Gasteiger partial charge in [-0.15, -0.1) is 0 Å². The third-order valence-electron chi connectivity index (χ3n) is 3.46. The summed E-state index contributed by atoms with van der Waals surface area (Å²) in [7, 11) is 0. The predicted molar refractivity (Wildman–Crippen MR) is 87.3 cm³/mol. The zero-order chi connectivity index (χ0) is 15.7. The van der Waals surface area contributed by atoms with Gasteiger partial charge in [-0.25, -0.2) is 0 Å². The summed E-state index contributed by atoms with van der Waals surface area (Å²) in [5, 5.41) is 8.23. The van der Waals surface area contributed by atoms with Crippen molar-refractivity contribution in [3.63, 3.8) is 0 Å². The van der Waals surface area contributed by atoms with Crippen LogP contribution in [-0.4, -0.2) is 11.1 Å². The fourth-order valence-electron chi connectivity index (χ4n) is 2.55. The molecule has 0 unspecified atom stereocenters. The molecule has 5 heteroatoms. The summed E-state index contributed by atoms with van der Waals surface area (Å²) in [6.45, 7) is 3.99. The molecule has 1 aromatic heterocycles. The van der Waals surface area contributed by atoms with Crippen molar-refractivity contribution in [3.8, 4) is 0 Å². The van der Waals surface area contributed by atoms with E-state index in [0.717, 1.165) is 16.5 Å². The first-order chi connectivity index (χ1) is 10.5. The normalized spacial score (nSPS) is 10.9. The van der Waals surface area contributed by atoms with E-state index in [0.29, 0.717) is 22.0 Å². The van der Waals surface area contributed by atoms with E-state index in [1.807, 2.05) is 32.0 Å². The highest BCUT2D eigenvalue weighted by molar-refractivity contribution is 6.33. The maximum Gasteiger partial charge on any atom is 0.230 e. The number of hydrogen-bond acceptors (Lipinski definition) is 3. The SMILES string of the molecule is Cc1cc(C)c2c(CC(=O)Nc3ccccc3Cl)noc2c1. The number of rotatable bonds is 3. The number of nitrogens with one attached hydrogen (secondary N) is 1. The van der Waals surface area contributed by atoms with Crippen molar-refractivity contribution in [1.82, 2.24) is 5.16 Å². The molecule has 1 amide bonds. The Morgan fingerprint density at radius 3 is 2.82 bits per heavy atom. The van der Waals surface area contributed by atoms with E-state index in [2.05, 4.69) is 16.5 Å². The van der Waals surface area contributed by atoms with Gasteiger partial charge in [0.15, 0.2) is 5.58 Å². The molecule has 1 N–H and O–H groups in total. The molecule has 112 valence electrons. The number of amides is 1. The Labute approximate surface area is 133 Å². The van der Waals surface area contributed by atoms with Gasteiger partial charge in [0, 0.05) is 5.39 Å². The molecule has 3 aromatic rings. The number of carbonyl (C=O) groups is 1. The standard InChI is InChI=1S/C17H15ClN2O2/c1-10-7-11(2)17-14(20-22-15(17)8-10)9-16(21)19-13-6-4-3-5-12(13)18/h3-8H,9H2,1-2H3,(H,19,21). The molecule has 0 aliphatic rings. The van der Waals surface area contributed by atoms with Crippen LogP contribution >= 0.6 is 11.6 Å². The van der Waals surface area contributed by atoms with Crippen LogP contribution in [0, 0.1) is 13.8 Å². The van der Waals surface area contributed by atoms with Gasteiger partial charge in [0.2, 0.25) is 5.91 Å². The number of halogens is 1. The predicted octanol–water partition coefficient (Wildman–Crippen LogP) is 4.28. The van der Waals surface area contributed by atoms with Gasteiger partial charge < -0.3 is 9.84 Å². The second kappa shape index (κ2) is 5.81. The van der Waals surface area contributed by atoms with Gasteiger partial charge in [0.25, 0.3) is 0 Å². The smallest absolute Gasteiger partial charge is 0.230 e. The lowest BCUT2D eigenvalue weighted by Crippen LogP contribution is -2.15. The summed E-state index contributed by atoms with van der Waals surface area (Å²) in [6, 6.07) is 11.1. The minimum atomic E-state index is -0.178. The van der Waals surface area contributed by atoms with E-state index in [1.165, 1.54) is 0 Å². The minimum absolute atomic E-state index is 0.141. The molecule has 0 spiro atoms. The van der Waals surface area contributed by atoms with Gasteiger partial charge in [0.05, 0.1) is 17.1 Å². The van der Waals surface area contributed by atoms with Crippen LogP contribution in [0.4, 0.5) is 5.69 Å². The maximum atomic E-state index is 12.2. The summed E-state index contributed by atoms with van der Waals surface area (Å²) >= 11 is 6.04. The quantitative estimate of drug-likeness (QED) is 0.785. The number of fused-ring (bicyclic) bond motifs is 1. The van der Waals surface area contributed by atoms with Crippen molar-refractivity contribution in [2.75, 3.05) is 5.32 Å². The number of para-hydroxylation sites is 1. The zero-order valence-electron chi connectivity index (χ0n) is 12.3. The molecule has 3 rings (SSSR count). The number of aromatic nitrogens is 1. The Morgan fingerprint density at radius 2 is 2.05 bits per heavy atom. The molecule has 0 aliphatic carbocycles. The average molecular weight is 315 g/mol. The van der Waals surface area contributed by atoms with Crippen LogP contribution in [0.25, 0.3) is 11.0 Å². The van der Waals surface area contributed by atoms with Crippen molar-refractivity contribution in [2.45, 2.75) is 20.3 Å². The first-order valence-electron chi connectivity index (χ1n) is 6.94. The highest BCUT2D eigenvalue weighted by atomic mass is 35.5. The van der Waals surface area contributed by atoms with Crippen LogP contribution in [0.2, 0.25) is 5.02 Å². The van der Waals surface area contributed by atoms with Crippen LogP contribution in [0.15, 0.2) is 40.9 Å². The summed E-state index contributed by atoms with van der Waals surface area (Å²) < 4.78 is 5.33. The zero-order valence-corrected chi connectivity index (χ0v) is 13.1. The highest BCUT2D eigenvalue weighted by Crippen LogP contribution is 2.25. The lowest BCUT2D eigenvalue weighted by molar-refractivity contribution is -0.115. The van der Waals surface area contributed by atoms with Crippen molar-refractivity contribution < 1.29 is 9.32 Å². The van der Waals surface area contributed by atoms with Gasteiger partial charge in [-0.05, 0) is 43.2 Å². The van der Waals surface area contributed by atoms with Crippen molar-refractivity contribution in [3.05, 3.63) is 58.2 Å². The number of aryl methyl sites for hydroxylation is 2. The highest BCUT2D eigenvalue weighted by Gasteiger charge is 2.15. The van der Waals surface area contributed by atoms with Gasteiger partial charge in [-0.1, -0.05) is 35.0 Å². The number of hydrogen-bond donors (Lipinski definition) is 1. The van der Waals surface area contributed by atoms with Crippen molar-refractivity contribution in [1.29, 1.82) is 0 Å². The van der Waals surface area contributed by atoms with Crippen LogP contribution in [-0.2, 0) is 11.2 Å². The molecule has 0 fully saturated rings. The molecule has 0 aliphatic heterocycles. The van der Waals surface area contributed by atoms with Crippen molar-refractivity contribution in [2.24, 2.45) is 0 Å². The Hall–Kier alpha value is -2.33. The topological polar surface area (TPSA) is 55.1 Å². The second-order valence-electron chi connectivity index (χ2n) is 5.29. The van der Waals surface area contributed by atoms with Gasteiger partial charge in [0.1, 0.15) is 5.69 Å². The van der Waals surface area contributed by atoms with Gasteiger partial charge in [-0.2, -0.15) is 0 Å². The molecule has 0 bridgehead atoms. The molecule has 0 radical (unpaired) electrons. The molecular weight excluding hydrogens is 300 g/mol. The summed E-state index contributed by atoms with van der Waals surface area (Å²) in [4.78, 5) is 12.2. The van der Waals surface area contributed by atoms with Gasteiger partial charge in [-0.3, -0.25) is 4.79 Å². The monoisotopic (exact) mass is 314 g/mol. The van der Waals surface area contributed by atoms with E-state index in [4.69, 9.17) is 16.1 Å². The van der Waals surface area contributed by atoms with Crippen LogP contribution in [0.5, 0.6) is 0 Å². The first-order valence-corrected chi connectivity index (χ1v) is 7.32. The molecule has 0 saturated heterocycles. The van der Waals surface area contributed by atoms with Crippen molar-refractivity contribution >= 4 is 34.2 Å². The Kier molecular flexibility index (Phi) is 3.86. The second-order valence-corrected chi connectivity index (χ2v) is 5.70. The van der Waals surface area contributed by atoms with Gasteiger partial charge >= 0.3 is 0 Å². The molecule has 2 aromatic carbocycles. The maximum absolute atomic E-state index is 12.2. The minimum Gasteiger partial charge on any atom is -0.356 e. The van der Waals surface area contributed by atoms with E-state index in [9.17, 15) is 4.79 Å². The number of anilines is 1. The van der Waals surface area contributed by atoms with E-state index < -0.39 is 0 Å². The Morgan fingerprint density at radius 1 is 1.27 bits per heavy atom. The lowest BCUT2D eigenvalue weighted by atomic mass is 10.0. The number of nitrogens with zero attached hydrogens (tertiary/aromatic N) is 1. The van der Waals surface area contributed by atoms with E-state index >= 15 is 0 Å². The summed E-state index contributed by atoms with van der Waals surface area (Å²) in [5.74, 6) is -0.178. The molecular formula is C17H15ClN2O2. The molecule has 0 atom stereocenters. The third kappa shape index (κ3) is 2.83. The third-order valence-corrected chi connectivity index (χ3v) is 3.79. The first kappa shape index (κ1) is 14.6. The van der Waals surface area contributed by atoms with E-state index in [1.54, 1.807) is 12.1 Å². The fraction of sp³-hybridized carbons (Fsp3) is 0.176. The molecule has 1 heterocycles. The van der Waals surface area contributed by atoms with Crippen LogP contribution < -0.4 is 5.32 Å². The number of benzene rings is 2. The summed E-state index contributed by atoms with van der Waals surface area (Å²) in [6.07, 6.45) is 0.141. The van der Waals surface area contributed by atoms with Crippen LogP contribution in [0.1, 0.15) is 16.8 Å². The van der Waals surface area contributed by atoms with E-state index in [-0.39, 0.29) is 12.3 Å². The largest absolute Gasteiger partial charge is 0.356 e. The molecule has 4 nitrogen and oxygen atoms in total. The summed E-state index contributed by atoms with van der Waals surface area (Å²) in [5.41, 5.74) is 4.09. The average Bonchev–Trinajstić information content (AvgIpc) is 2.84.